The molecular formula is C19H18ClFN2O3. The van der Waals surface area contributed by atoms with Crippen LogP contribution >= 0.6 is 11.6 Å². The van der Waals surface area contributed by atoms with Crippen molar-refractivity contribution in [1.82, 2.24) is 5.32 Å². The maximum Gasteiger partial charge on any atom is 0.227 e. The van der Waals surface area contributed by atoms with Gasteiger partial charge in [-0.15, -0.1) is 0 Å². The van der Waals surface area contributed by atoms with Gasteiger partial charge in [0.05, 0.1) is 12.5 Å². The first kappa shape index (κ1) is 18.2. The van der Waals surface area contributed by atoms with Crippen molar-refractivity contribution >= 4 is 29.1 Å². The van der Waals surface area contributed by atoms with Crippen LogP contribution in [-0.2, 0) is 9.59 Å². The van der Waals surface area contributed by atoms with Crippen molar-refractivity contribution in [3.8, 4) is 5.75 Å². The van der Waals surface area contributed by atoms with Gasteiger partial charge in [-0.2, -0.15) is 0 Å². The second-order valence-electron chi connectivity index (χ2n) is 5.98. The third-order valence-corrected chi connectivity index (χ3v) is 4.37. The first-order valence-corrected chi connectivity index (χ1v) is 8.63. The van der Waals surface area contributed by atoms with Crippen LogP contribution in [0.4, 0.5) is 10.1 Å². The van der Waals surface area contributed by atoms with Gasteiger partial charge >= 0.3 is 0 Å². The van der Waals surface area contributed by atoms with Crippen LogP contribution in [0.1, 0.15) is 6.42 Å². The molecule has 1 aliphatic rings. The lowest BCUT2D eigenvalue weighted by Gasteiger charge is -2.16. The molecule has 0 aliphatic carbocycles. The number of carbonyl (C=O) groups excluding carboxylic acids is 2. The molecule has 0 radical (unpaired) electrons. The smallest absolute Gasteiger partial charge is 0.227 e. The predicted octanol–water partition coefficient (Wildman–Crippen LogP) is 3.03. The van der Waals surface area contributed by atoms with Crippen LogP contribution in [0.15, 0.2) is 48.5 Å². The first-order chi connectivity index (χ1) is 12.5. The maximum atomic E-state index is 13.0. The fourth-order valence-corrected chi connectivity index (χ4v) is 2.90. The summed E-state index contributed by atoms with van der Waals surface area (Å²) in [5.74, 6) is -0.461. The van der Waals surface area contributed by atoms with E-state index in [1.165, 1.54) is 29.2 Å². The molecule has 1 saturated heterocycles. The van der Waals surface area contributed by atoms with E-state index in [4.69, 9.17) is 16.3 Å². The predicted molar refractivity (Wildman–Crippen MR) is 96.8 cm³/mol. The van der Waals surface area contributed by atoms with Crippen LogP contribution < -0.4 is 15.0 Å². The monoisotopic (exact) mass is 376 g/mol. The summed E-state index contributed by atoms with van der Waals surface area (Å²) in [6.45, 7) is 0.937. The number of nitrogens with one attached hydrogen (secondary N) is 1. The molecule has 7 heteroatoms. The summed E-state index contributed by atoms with van der Waals surface area (Å²) >= 11 is 5.80. The molecule has 2 amide bonds. The molecule has 2 aromatic rings. The largest absolute Gasteiger partial charge is 0.492 e. The van der Waals surface area contributed by atoms with Gasteiger partial charge in [-0.1, -0.05) is 11.6 Å². The average Bonchev–Trinajstić information content (AvgIpc) is 3.02. The van der Waals surface area contributed by atoms with Gasteiger partial charge in [0, 0.05) is 23.7 Å². The fraction of sp³-hybridized carbons (Fsp3) is 0.263. The van der Waals surface area contributed by atoms with Gasteiger partial charge in [-0.25, -0.2) is 4.39 Å². The summed E-state index contributed by atoms with van der Waals surface area (Å²) in [6.07, 6.45) is 0.140. The molecule has 0 spiro atoms. The van der Waals surface area contributed by atoms with E-state index in [2.05, 4.69) is 5.32 Å². The molecular weight excluding hydrogens is 359 g/mol. The standard InChI is InChI=1S/C19H18ClFN2O3/c20-14-1-7-17(8-2-14)26-10-9-22-19(25)13-11-18(24)23(12-13)16-5-3-15(21)4-6-16/h1-8,13H,9-12H2,(H,22,25)/t13-/m0/s1. The van der Waals surface area contributed by atoms with Gasteiger partial charge in [0.15, 0.2) is 0 Å². The number of anilines is 1. The van der Waals surface area contributed by atoms with Crippen molar-refractivity contribution in [3.63, 3.8) is 0 Å². The van der Waals surface area contributed by atoms with Gasteiger partial charge in [0.2, 0.25) is 11.8 Å². The fourth-order valence-electron chi connectivity index (χ4n) is 2.77. The molecule has 1 atom stereocenters. The Kier molecular flexibility index (Phi) is 5.73. The van der Waals surface area contributed by atoms with Crippen LogP contribution in [0, 0.1) is 11.7 Å². The number of benzene rings is 2. The Morgan fingerprint density at radius 1 is 1.19 bits per heavy atom. The molecule has 1 fully saturated rings. The van der Waals surface area contributed by atoms with Gasteiger partial charge in [-0.05, 0) is 48.5 Å². The quantitative estimate of drug-likeness (QED) is 0.788. The van der Waals surface area contributed by atoms with Crippen molar-refractivity contribution in [2.75, 3.05) is 24.6 Å². The second kappa shape index (κ2) is 8.19. The van der Waals surface area contributed by atoms with E-state index < -0.39 is 5.92 Å². The van der Waals surface area contributed by atoms with Crippen LogP contribution in [0.25, 0.3) is 0 Å². The first-order valence-electron chi connectivity index (χ1n) is 8.25. The Labute approximate surface area is 155 Å². The summed E-state index contributed by atoms with van der Waals surface area (Å²) < 4.78 is 18.5. The molecule has 0 aromatic heterocycles. The van der Waals surface area contributed by atoms with E-state index in [0.717, 1.165) is 0 Å². The van der Waals surface area contributed by atoms with Crippen LogP contribution in [0.2, 0.25) is 5.02 Å². The Morgan fingerprint density at radius 2 is 1.88 bits per heavy atom. The molecule has 26 heavy (non-hydrogen) atoms. The Morgan fingerprint density at radius 3 is 2.58 bits per heavy atom. The number of hydrogen-bond donors (Lipinski definition) is 1. The normalized spacial score (nSPS) is 16.6. The highest BCUT2D eigenvalue weighted by atomic mass is 35.5. The summed E-state index contributed by atoms with van der Waals surface area (Å²) in [6, 6.07) is 12.6. The van der Waals surface area contributed by atoms with E-state index >= 15 is 0 Å². The van der Waals surface area contributed by atoms with Gasteiger partial charge < -0.3 is 15.0 Å². The highest BCUT2D eigenvalue weighted by Crippen LogP contribution is 2.25. The van der Waals surface area contributed by atoms with Crippen LogP contribution in [0.5, 0.6) is 5.75 Å². The van der Waals surface area contributed by atoms with E-state index in [-0.39, 0.29) is 30.6 Å². The number of halogens is 2. The van der Waals surface area contributed by atoms with Crippen molar-refractivity contribution in [2.24, 2.45) is 5.92 Å². The van der Waals surface area contributed by atoms with Crippen LogP contribution in [0.3, 0.4) is 0 Å². The molecule has 1 N–H and O–H groups in total. The second-order valence-corrected chi connectivity index (χ2v) is 6.41. The minimum atomic E-state index is -0.428. The van der Waals surface area contributed by atoms with E-state index in [1.54, 1.807) is 24.3 Å². The number of carbonyl (C=O) groups is 2. The molecule has 0 unspecified atom stereocenters. The summed E-state index contributed by atoms with van der Waals surface area (Å²) in [4.78, 5) is 25.9. The zero-order valence-electron chi connectivity index (χ0n) is 14.0. The molecule has 136 valence electrons. The average molecular weight is 377 g/mol. The van der Waals surface area contributed by atoms with Crippen molar-refractivity contribution < 1.29 is 18.7 Å². The molecule has 1 heterocycles. The van der Waals surface area contributed by atoms with Gasteiger partial charge in [0.1, 0.15) is 18.2 Å². The maximum absolute atomic E-state index is 13.0. The summed E-state index contributed by atoms with van der Waals surface area (Å²) in [5.41, 5.74) is 0.595. The van der Waals surface area contributed by atoms with Gasteiger partial charge in [-0.3, -0.25) is 9.59 Å². The highest BCUT2D eigenvalue weighted by Gasteiger charge is 2.34. The van der Waals surface area contributed by atoms with Gasteiger partial charge in [0.25, 0.3) is 0 Å². The molecule has 0 bridgehead atoms. The SMILES string of the molecule is O=C(NCCOc1ccc(Cl)cc1)[C@H]1CC(=O)N(c2ccc(F)cc2)C1. The third-order valence-electron chi connectivity index (χ3n) is 4.12. The Hall–Kier alpha value is -2.60. The molecule has 5 nitrogen and oxygen atoms in total. The summed E-state index contributed by atoms with van der Waals surface area (Å²) in [5, 5.41) is 3.41. The molecule has 3 rings (SSSR count). The summed E-state index contributed by atoms with van der Waals surface area (Å²) in [7, 11) is 0. The lowest BCUT2D eigenvalue weighted by molar-refractivity contribution is -0.126. The minimum absolute atomic E-state index is 0.140. The zero-order chi connectivity index (χ0) is 18.5. The zero-order valence-corrected chi connectivity index (χ0v) is 14.7. The number of amides is 2. The Bertz CT molecular complexity index is 780. The lowest BCUT2D eigenvalue weighted by atomic mass is 10.1. The molecule has 1 aliphatic heterocycles. The highest BCUT2D eigenvalue weighted by molar-refractivity contribution is 6.30. The third kappa shape index (κ3) is 4.52. The molecule has 2 aromatic carbocycles. The number of ether oxygens (including phenoxy) is 1. The minimum Gasteiger partial charge on any atom is -0.492 e. The molecule has 0 saturated carbocycles. The van der Waals surface area contributed by atoms with E-state index in [0.29, 0.717) is 29.6 Å². The van der Waals surface area contributed by atoms with Crippen molar-refractivity contribution in [2.45, 2.75) is 6.42 Å². The lowest BCUT2D eigenvalue weighted by Crippen LogP contribution is -2.35. The number of nitrogens with zero attached hydrogens (tertiary/aromatic N) is 1. The number of rotatable bonds is 6. The number of hydrogen-bond acceptors (Lipinski definition) is 3. The van der Waals surface area contributed by atoms with Crippen molar-refractivity contribution in [1.29, 1.82) is 0 Å². The van der Waals surface area contributed by atoms with E-state index in [9.17, 15) is 14.0 Å². The van der Waals surface area contributed by atoms with E-state index in [1.807, 2.05) is 0 Å². The Balaban J connectivity index is 1.45. The topological polar surface area (TPSA) is 58.6 Å². The van der Waals surface area contributed by atoms with Crippen molar-refractivity contribution in [3.05, 3.63) is 59.4 Å². The van der Waals surface area contributed by atoms with Crippen LogP contribution in [-0.4, -0.2) is 31.5 Å².